The topological polar surface area (TPSA) is 44.1 Å². The van der Waals surface area contributed by atoms with Gasteiger partial charge in [0.2, 0.25) is 0 Å². The Labute approximate surface area is 99.8 Å². The van der Waals surface area contributed by atoms with Crippen LogP contribution in [0.2, 0.25) is 0 Å². The van der Waals surface area contributed by atoms with Gasteiger partial charge in [0.25, 0.3) is 0 Å². The predicted molar refractivity (Wildman–Crippen MR) is 64.3 cm³/mol. The molecule has 0 fully saturated rings. The van der Waals surface area contributed by atoms with Crippen molar-refractivity contribution in [1.29, 1.82) is 0 Å². The molecule has 0 atom stereocenters. The van der Waals surface area contributed by atoms with Crippen LogP contribution in [0.5, 0.6) is 5.75 Å². The highest BCUT2D eigenvalue weighted by Crippen LogP contribution is 2.17. The monoisotopic (exact) mass is 230 g/mol. The molecule has 2 rings (SSSR count). The second-order valence-corrected chi connectivity index (χ2v) is 3.78. The van der Waals surface area contributed by atoms with E-state index in [9.17, 15) is 4.79 Å². The van der Waals surface area contributed by atoms with E-state index in [4.69, 9.17) is 4.74 Å². The summed E-state index contributed by atoms with van der Waals surface area (Å²) in [5.41, 5.74) is 1.64. The first kappa shape index (κ1) is 11.4. The van der Waals surface area contributed by atoms with Gasteiger partial charge in [0.15, 0.2) is 6.29 Å². The molecule has 0 aliphatic rings. The third-order valence-electron chi connectivity index (χ3n) is 2.43. The second-order valence-electron chi connectivity index (χ2n) is 3.78. The van der Waals surface area contributed by atoms with Gasteiger partial charge in [0.05, 0.1) is 12.1 Å². The summed E-state index contributed by atoms with van der Waals surface area (Å²) in [7, 11) is 0. The fourth-order valence-electron chi connectivity index (χ4n) is 1.57. The first-order valence-electron chi connectivity index (χ1n) is 5.45. The Bertz CT molecular complexity index is 492. The largest absolute Gasteiger partial charge is 0.491 e. The molecule has 0 radical (unpaired) electrons. The molecular weight excluding hydrogens is 216 g/mol. The molecule has 88 valence electrons. The van der Waals surface area contributed by atoms with E-state index >= 15 is 0 Å². The Morgan fingerprint density at radius 3 is 3.06 bits per heavy atom. The Morgan fingerprint density at radius 1 is 1.47 bits per heavy atom. The van der Waals surface area contributed by atoms with Gasteiger partial charge in [-0.25, -0.2) is 0 Å². The third-order valence-corrected chi connectivity index (χ3v) is 2.43. The molecular formula is C13H14N2O2. The minimum atomic E-state index is 0.492. The Morgan fingerprint density at radius 2 is 2.35 bits per heavy atom. The predicted octanol–water partition coefficient (Wildman–Crippen LogP) is 2.08. The summed E-state index contributed by atoms with van der Waals surface area (Å²) in [6.45, 7) is 3.10. The lowest BCUT2D eigenvalue weighted by Gasteiger charge is -2.09. The van der Waals surface area contributed by atoms with Crippen molar-refractivity contribution in [2.45, 2.75) is 13.5 Å². The minimum Gasteiger partial charge on any atom is -0.491 e. The maximum atomic E-state index is 10.9. The van der Waals surface area contributed by atoms with Gasteiger partial charge in [-0.1, -0.05) is 11.6 Å². The lowest BCUT2D eigenvalue weighted by molar-refractivity contribution is 0.111. The van der Waals surface area contributed by atoms with Crippen molar-refractivity contribution >= 4 is 6.29 Å². The molecule has 0 spiro atoms. The number of rotatable bonds is 5. The first-order valence-corrected chi connectivity index (χ1v) is 5.45. The van der Waals surface area contributed by atoms with Crippen molar-refractivity contribution in [3.63, 3.8) is 0 Å². The first-order chi connectivity index (χ1) is 8.29. The molecule has 1 aromatic heterocycles. The summed E-state index contributed by atoms with van der Waals surface area (Å²) in [5, 5.41) is 4.07. The van der Waals surface area contributed by atoms with E-state index in [1.54, 1.807) is 10.9 Å². The molecule has 4 nitrogen and oxygen atoms in total. The zero-order valence-corrected chi connectivity index (χ0v) is 9.67. The van der Waals surface area contributed by atoms with Gasteiger partial charge in [-0.2, -0.15) is 5.10 Å². The normalized spacial score (nSPS) is 10.2. The number of carbonyl (C=O) groups excluding carboxylic acids is 1. The zero-order valence-electron chi connectivity index (χ0n) is 9.67. The maximum absolute atomic E-state index is 10.9. The number of hydrogen-bond donors (Lipinski definition) is 0. The highest BCUT2D eigenvalue weighted by Gasteiger charge is 2.02. The van der Waals surface area contributed by atoms with Crippen LogP contribution in [0.1, 0.15) is 15.9 Å². The number of aromatic nitrogens is 2. The van der Waals surface area contributed by atoms with E-state index in [2.05, 4.69) is 5.10 Å². The summed E-state index contributed by atoms with van der Waals surface area (Å²) in [4.78, 5) is 10.9. The summed E-state index contributed by atoms with van der Waals surface area (Å²) >= 11 is 0. The standard InChI is InChI=1S/C13H14N2O2/c1-11-3-4-13(12(9-11)10-16)17-8-7-15-6-2-5-14-15/h2-6,9-10H,7-8H2,1H3. The molecule has 17 heavy (non-hydrogen) atoms. The van der Waals surface area contributed by atoms with Gasteiger partial charge >= 0.3 is 0 Å². The maximum Gasteiger partial charge on any atom is 0.153 e. The molecule has 1 heterocycles. The summed E-state index contributed by atoms with van der Waals surface area (Å²) in [5.74, 6) is 0.623. The van der Waals surface area contributed by atoms with E-state index in [-0.39, 0.29) is 0 Å². The van der Waals surface area contributed by atoms with Crippen molar-refractivity contribution in [2.24, 2.45) is 0 Å². The van der Waals surface area contributed by atoms with Gasteiger partial charge in [0.1, 0.15) is 12.4 Å². The van der Waals surface area contributed by atoms with Crippen LogP contribution in [0.25, 0.3) is 0 Å². The van der Waals surface area contributed by atoms with Crippen LogP contribution in [0.3, 0.4) is 0 Å². The van der Waals surface area contributed by atoms with Crippen LogP contribution in [-0.2, 0) is 6.54 Å². The van der Waals surface area contributed by atoms with E-state index < -0.39 is 0 Å². The number of benzene rings is 1. The van der Waals surface area contributed by atoms with E-state index in [1.807, 2.05) is 37.4 Å². The van der Waals surface area contributed by atoms with Gasteiger partial charge in [0, 0.05) is 12.4 Å². The number of nitrogens with zero attached hydrogens (tertiary/aromatic N) is 2. The highest BCUT2D eigenvalue weighted by molar-refractivity contribution is 5.79. The number of aldehydes is 1. The van der Waals surface area contributed by atoms with Crippen LogP contribution in [0.15, 0.2) is 36.7 Å². The summed E-state index contributed by atoms with van der Waals surface area (Å²) < 4.78 is 7.35. The van der Waals surface area contributed by atoms with Gasteiger partial charge in [-0.15, -0.1) is 0 Å². The molecule has 0 amide bonds. The minimum absolute atomic E-state index is 0.492. The lowest BCUT2D eigenvalue weighted by Crippen LogP contribution is -2.09. The molecule has 0 bridgehead atoms. The fraction of sp³-hybridized carbons (Fsp3) is 0.231. The van der Waals surface area contributed by atoms with Crippen LogP contribution in [0.4, 0.5) is 0 Å². The lowest BCUT2D eigenvalue weighted by atomic mass is 10.1. The molecule has 2 aromatic rings. The fourth-order valence-corrected chi connectivity index (χ4v) is 1.57. The smallest absolute Gasteiger partial charge is 0.153 e. The van der Waals surface area contributed by atoms with Crippen molar-refractivity contribution in [3.05, 3.63) is 47.8 Å². The summed E-state index contributed by atoms with van der Waals surface area (Å²) in [6, 6.07) is 7.43. The van der Waals surface area contributed by atoms with Crippen molar-refractivity contribution in [2.75, 3.05) is 6.61 Å². The van der Waals surface area contributed by atoms with Crippen molar-refractivity contribution < 1.29 is 9.53 Å². The average Bonchev–Trinajstić information content (AvgIpc) is 2.84. The molecule has 0 aliphatic heterocycles. The summed E-state index contributed by atoms with van der Waals surface area (Å²) in [6.07, 6.45) is 4.41. The van der Waals surface area contributed by atoms with Crippen LogP contribution in [0, 0.1) is 6.92 Å². The molecule has 0 saturated heterocycles. The quantitative estimate of drug-likeness (QED) is 0.739. The van der Waals surface area contributed by atoms with Crippen LogP contribution >= 0.6 is 0 Å². The number of hydrogen-bond acceptors (Lipinski definition) is 3. The third kappa shape index (κ3) is 2.93. The number of ether oxygens (including phenoxy) is 1. The van der Waals surface area contributed by atoms with Gasteiger partial charge in [-0.3, -0.25) is 9.48 Å². The van der Waals surface area contributed by atoms with E-state index in [1.165, 1.54) is 0 Å². The van der Waals surface area contributed by atoms with Crippen molar-refractivity contribution in [3.8, 4) is 5.75 Å². The van der Waals surface area contributed by atoms with E-state index in [0.29, 0.717) is 24.5 Å². The number of carbonyl (C=O) groups is 1. The highest BCUT2D eigenvalue weighted by atomic mass is 16.5. The average molecular weight is 230 g/mol. The van der Waals surface area contributed by atoms with E-state index in [0.717, 1.165) is 11.8 Å². The molecule has 0 saturated carbocycles. The zero-order chi connectivity index (χ0) is 12.1. The van der Waals surface area contributed by atoms with Gasteiger partial charge < -0.3 is 4.74 Å². The molecule has 4 heteroatoms. The van der Waals surface area contributed by atoms with Gasteiger partial charge in [-0.05, 0) is 25.1 Å². The second kappa shape index (κ2) is 5.30. The molecule has 1 aromatic carbocycles. The number of aryl methyl sites for hydroxylation is 1. The molecule has 0 unspecified atom stereocenters. The van der Waals surface area contributed by atoms with Crippen LogP contribution in [-0.4, -0.2) is 22.7 Å². The Hall–Kier alpha value is -2.10. The Balaban J connectivity index is 1.96. The molecule has 0 N–H and O–H groups in total. The van der Waals surface area contributed by atoms with Crippen LogP contribution < -0.4 is 4.74 Å². The Kier molecular flexibility index (Phi) is 3.55. The SMILES string of the molecule is Cc1ccc(OCCn2cccn2)c(C=O)c1. The van der Waals surface area contributed by atoms with Crippen molar-refractivity contribution in [1.82, 2.24) is 9.78 Å². The molecule has 0 aliphatic carbocycles.